The Morgan fingerprint density at radius 3 is 2.65 bits per heavy atom. The number of aromatic nitrogens is 2. The van der Waals surface area contributed by atoms with Crippen molar-refractivity contribution in [3.05, 3.63) is 76.6 Å². The van der Waals surface area contributed by atoms with Crippen LogP contribution in [0.2, 0.25) is 0 Å². The van der Waals surface area contributed by atoms with Crippen LogP contribution in [0.3, 0.4) is 0 Å². The molecular formula is C24H28N4O3. The lowest BCUT2D eigenvalue weighted by Crippen LogP contribution is -2.27. The van der Waals surface area contributed by atoms with Gasteiger partial charge in [-0.1, -0.05) is 36.8 Å². The number of ether oxygens (including phenoxy) is 1. The Morgan fingerprint density at radius 2 is 1.90 bits per heavy atom. The fraction of sp³-hybridized carbons (Fsp3) is 0.292. The third kappa shape index (κ3) is 5.51. The normalized spacial score (nSPS) is 10.6. The second-order valence-corrected chi connectivity index (χ2v) is 7.50. The van der Waals surface area contributed by atoms with Crippen LogP contribution in [0, 0.1) is 13.8 Å². The number of nitrogens with one attached hydrogen (secondary N) is 2. The van der Waals surface area contributed by atoms with Gasteiger partial charge in [-0.15, -0.1) is 0 Å². The Balaban J connectivity index is 1.70. The van der Waals surface area contributed by atoms with E-state index in [1.165, 1.54) is 16.4 Å². The Morgan fingerprint density at radius 1 is 1.10 bits per heavy atom. The molecule has 0 fully saturated rings. The molecule has 7 heteroatoms. The van der Waals surface area contributed by atoms with Crippen molar-refractivity contribution in [1.82, 2.24) is 15.1 Å². The molecule has 0 aliphatic carbocycles. The smallest absolute Gasteiger partial charge is 0.271 e. The van der Waals surface area contributed by atoms with Crippen LogP contribution in [-0.2, 0) is 13.7 Å². The first kappa shape index (κ1) is 22.1. The molecule has 0 radical (unpaired) electrons. The number of anilines is 1. The first-order chi connectivity index (χ1) is 14.9. The van der Waals surface area contributed by atoms with Gasteiger partial charge in [0.05, 0.1) is 11.9 Å². The summed E-state index contributed by atoms with van der Waals surface area (Å²) in [4.78, 5) is 25.2. The van der Waals surface area contributed by atoms with Crippen molar-refractivity contribution in [2.75, 3.05) is 11.9 Å². The standard InChI is InChI=1S/C24H28N4O3/c1-5-11-25-24(30)22-20(14-26-28(22)4)27-23(29)19-8-6-7-18(13-19)15-31-21-10-9-16(2)12-17(21)3/h6-10,12-14H,5,11,15H2,1-4H3,(H,25,30)(H,27,29). The number of carbonyl (C=O) groups excluding carboxylic acids is 2. The summed E-state index contributed by atoms with van der Waals surface area (Å²) in [6.45, 7) is 6.93. The van der Waals surface area contributed by atoms with Gasteiger partial charge in [-0.05, 0) is 49.6 Å². The predicted octanol–water partition coefficient (Wildman–Crippen LogP) is 4.01. The van der Waals surface area contributed by atoms with Crippen LogP contribution in [0.4, 0.5) is 5.69 Å². The van der Waals surface area contributed by atoms with Crippen molar-refractivity contribution in [2.45, 2.75) is 33.8 Å². The molecule has 0 bridgehead atoms. The molecule has 1 aromatic heterocycles. The number of nitrogens with zero attached hydrogens (tertiary/aromatic N) is 2. The van der Waals surface area contributed by atoms with Crippen molar-refractivity contribution in [3.63, 3.8) is 0 Å². The third-order valence-corrected chi connectivity index (χ3v) is 4.85. The Kier molecular flexibility index (Phi) is 7.07. The third-order valence-electron chi connectivity index (χ3n) is 4.85. The number of hydrogen-bond donors (Lipinski definition) is 2. The highest BCUT2D eigenvalue weighted by Crippen LogP contribution is 2.21. The maximum Gasteiger partial charge on any atom is 0.271 e. The van der Waals surface area contributed by atoms with Crippen molar-refractivity contribution < 1.29 is 14.3 Å². The van der Waals surface area contributed by atoms with Crippen LogP contribution in [0.5, 0.6) is 5.75 Å². The SMILES string of the molecule is CCCNC(=O)c1c(NC(=O)c2cccc(COc3ccc(C)cc3C)c2)cnn1C. The van der Waals surface area contributed by atoms with Gasteiger partial charge in [0.1, 0.15) is 18.1 Å². The summed E-state index contributed by atoms with van der Waals surface area (Å²) in [6.07, 6.45) is 2.30. The minimum Gasteiger partial charge on any atom is -0.489 e. The summed E-state index contributed by atoms with van der Waals surface area (Å²) in [5.74, 6) is 0.234. The monoisotopic (exact) mass is 420 g/mol. The molecule has 3 rings (SSSR count). The molecule has 3 aromatic rings. The minimum atomic E-state index is -0.314. The average molecular weight is 421 g/mol. The van der Waals surface area contributed by atoms with E-state index in [0.717, 1.165) is 23.3 Å². The first-order valence-electron chi connectivity index (χ1n) is 10.3. The molecule has 0 saturated carbocycles. The van der Waals surface area contributed by atoms with Gasteiger partial charge in [-0.3, -0.25) is 14.3 Å². The first-order valence-corrected chi connectivity index (χ1v) is 10.3. The van der Waals surface area contributed by atoms with E-state index in [9.17, 15) is 9.59 Å². The highest BCUT2D eigenvalue weighted by molar-refractivity contribution is 6.08. The molecule has 1 heterocycles. The second kappa shape index (κ2) is 9.93. The van der Waals surface area contributed by atoms with Gasteiger partial charge in [0, 0.05) is 19.2 Å². The molecule has 7 nitrogen and oxygen atoms in total. The average Bonchev–Trinajstić information content (AvgIpc) is 3.11. The Hall–Kier alpha value is -3.61. The van der Waals surface area contributed by atoms with Gasteiger partial charge in [0.15, 0.2) is 0 Å². The lowest BCUT2D eigenvalue weighted by Gasteiger charge is -2.11. The van der Waals surface area contributed by atoms with Crippen LogP contribution < -0.4 is 15.4 Å². The van der Waals surface area contributed by atoms with Gasteiger partial charge in [0.2, 0.25) is 0 Å². The zero-order valence-corrected chi connectivity index (χ0v) is 18.4. The molecule has 0 unspecified atom stereocenters. The van der Waals surface area contributed by atoms with Crippen LogP contribution in [0.15, 0.2) is 48.7 Å². The molecule has 0 spiro atoms. The number of benzene rings is 2. The summed E-state index contributed by atoms with van der Waals surface area (Å²) in [5, 5.41) is 9.72. The number of hydrogen-bond acceptors (Lipinski definition) is 4. The highest BCUT2D eigenvalue weighted by Gasteiger charge is 2.19. The molecule has 31 heavy (non-hydrogen) atoms. The van der Waals surface area contributed by atoms with E-state index in [4.69, 9.17) is 4.74 Å². The zero-order valence-electron chi connectivity index (χ0n) is 18.4. The van der Waals surface area contributed by atoms with Crippen LogP contribution >= 0.6 is 0 Å². The molecule has 0 saturated heterocycles. The lowest BCUT2D eigenvalue weighted by molar-refractivity contribution is 0.0945. The Labute approximate surface area is 182 Å². The zero-order chi connectivity index (χ0) is 22.4. The molecule has 0 atom stereocenters. The van der Waals surface area contributed by atoms with Gasteiger partial charge < -0.3 is 15.4 Å². The number of aryl methyl sites for hydroxylation is 3. The predicted molar refractivity (Wildman–Crippen MR) is 120 cm³/mol. The van der Waals surface area contributed by atoms with Crippen molar-refractivity contribution in [1.29, 1.82) is 0 Å². The molecular weight excluding hydrogens is 392 g/mol. The van der Waals surface area contributed by atoms with Crippen molar-refractivity contribution in [2.24, 2.45) is 7.05 Å². The topological polar surface area (TPSA) is 85.2 Å². The van der Waals surface area contributed by atoms with E-state index in [1.54, 1.807) is 19.2 Å². The van der Waals surface area contributed by atoms with Gasteiger partial charge in [0.25, 0.3) is 11.8 Å². The summed E-state index contributed by atoms with van der Waals surface area (Å²) in [5.41, 5.74) is 4.29. The molecule has 0 aliphatic rings. The van der Waals surface area contributed by atoms with Crippen LogP contribution in [0.1, 0.15) is 50.9 Å². The van der Waals surface area contributed by atoms with Gasteiger partial charge in [-0.2, -0.15) is 5.10 Å². The quantitative estimate of drug-likeness (QED) is 0.577. The highest BCUT2D eigenvalue weighted by atomic mass is 16.5. The largest absolute Gasteiger partial charge is 0.489 e. The fourth-order valence-electron chi connectivity index (χ4n) is 3.24. The van der Waals surface area contributed by atoms with Gasteiger partial charge >= 0.3 is 0 Å². The number of amides is 2. The number of carbonyl (C=O) groups is 2. The molecule has 0 aliphatic heterocycles. The van der Waals surface area contributed by atoms with Crippen LogP contribution in [-0.4, -0.2) is 28.1 Å². The summed E-state index contributed by atoms with van der Waals surface area (Å²) >= 11 is 0. The van der Waals surface area contributed by atoms with E-state index in [1.807, 2.05) is 45.0 Å². The van der Waals surface area contributed by atoms with Crippen molar-refractivity contribution >= 4 is 17.5 Å². The fourth-order valence-corrected chi connectivity index (χ4v) is 3.24. The summed E-state index contributed by atoms with van der Waals surface area (Å²) in [7, 11) is 1.67. The maximum absolute atomic E-state index is 12.8. The van der Waals surface area contributed by atoms with E-state index >= 15 is 0 Å². The second-order valence-electron chi connectivity index (χ2n) is 7.50. The maximum atomic E-state index is 12.8. The molecule has 2 N–H and O–H groups in total. The van der Waals surface area contributed by atoms with E-state index < -0.39 is 0 Å². The van der Waals surface area contributed by atoms with E-state index in [-0.39, 0.29) is 11.8 Å². The summed E-state index contributed by atoms with van der Waals surface area (Å²) < 4.78 is 7.38. The van der Waals surface area contributed by atoms with E-state index in [2.05, 4.69) is 21.8 Å². The molecule has 162 valence electrons. The molecule has 2 aromatic carbocycles. The number of rotatable bonds is 8. The van der Waals surface area contributed by atoms with Crippen molar-refractivity contribution in [3.8, 4) is 5.75 Å². The van der Waals surface area contributed by atoms with E-state index in [0.29, 0.717) is 30.1 Å². The van der Waals surface area contributed by atoms with Crippen LogP contribution in [0.25, 0.3) is 0 Å². The minimum absolute atomic E-state index is 0.271. The Bertz CT molecular complexity index is 1090. The lowest BCUT2D eigenvalue weighted by atomic mass is 10.1. The van der Waals surface area contributed by atoms with Gasteiger partial charge in [-0.25, -0.2) is 0 Å². The summed E-state index contributed by atoms with van der Waals surface area (Å²) in [6, 6.07) is 13.3. The molecule has 2 amide bonds.